The molecule has 0 aliphatic carbocycles. The average Bonchev–Trinajstić information content (AvgIpc) is 2.59. The molecule has 0 aliphatic rings. The SMILES string of the molecule is OC(Cc1ccccc1)OCCCc1ccc2ccccc2c1. The first-order valence-electron chi connectivity index (χ1n) is 8.12. The zero-order valence-electron chi connectivity index (χ0n) is 13.2. The molecular weight excluding hydrogens is 284 g/mol. The summed E-state index contributed by atoms with van der Waals surface area (Å²) in [6.45, 7) is 0.570. The Morgan fingerprint density at radius 2 is 1.52 bits per heavy atom. The maximum atomic E-state index is 9.92. The normalized spacial score (nSPS) is 12.4. The van der Waals surface area contributed by atoms with Crippen LogP contribution in [0.2, 0.25) is 0 Å². The lowest BCUT2D eigenvalue weighted by atomic mass is 10.0. The van der Waals surface area contributed by atoms with Gasteiger partial charge in [0.1, 0.15) is 0 Å². The van der Waals surface area contributed by atoms with Crippen molar-refractivity contribution < 1.29 is 9.84 Å². The molecule has 3 rings (SSSR count). The summed E-state index contributed by atoms with van der Waals surface area (Å²) in [4.78, 5) is 0. The lowest BCUT2D eigenvalue weighted by molar-refractivity contribution is -0.0978. The van der Waals surface area contributed by atoms with Crippen LogP contribution in [-0.4, -0.2) is 18.0 Å². The van der Waals surface area contributed by atoms with Crippen molar-refractivity contribution in [2.45, 2.75) is 25.6 Å². The number of aryl methyl sites for hydroxylation is 1. The van der Waals surface area contributed by atoms with Gasteiger partial charge in [0.05, 0.1) is 6.61 Å². The number of rotatable bonds is 7. The molecule has 0 fully saturated rings. The summed E-state index contributed by atoms with van der Waals surface area (Å²) in [5, 5.41) is 12.5. The van der Waals surface area contributed by atoms with Crippen molar-refractivity contribution in [3.63, 3.8) is 0 Å². The highest BCUT2D eigenvalue weighted by atomic mass is 16.6. The monoisotopic (exact) mass is 306 g/mol. The molecular formula is C21H22O2. The molecule has 0 saturated heterocycles. The third-order valence-electron chi connectivity index (χ3n) is 3.99. The van der Waals surface area contributed by atoms with Gasteiger partial charge in [0, 0.05) is 6.42 Å². The van der Waals surface area contributed by atoms with Gasteiger partial charge in [-0.25, -0.2) is 0 Å². The molecule has 1 N–H and O–H groups in total. The second-order valence-corrected chi connectivity index (χ2v) is 5.80. The number of hydrogen-bond acceptors (Lipinski definition) is 2. The highest BCUT2D eigenvalue weighted by Gasteiger charge is 2.05. The van der Waals surface area contributed by atoms with E-state index in [4.69, 9.17) is 4.74 Å². The largest absolute Gasteiger partial charge is 0.368 e. The van der Waals surface area contributed by atoms with E-state index in [2.05, 4.69) is 42.5 Å². The zero-order valence-corrected chi connectivity index (χ0v) is 13.2. The average molecular weight is 306 g/mol. The van der Waals surface area contributed by atoms with E-state index >= 15 is 0 Å². The first-order valence-corrected chi connectivity index (χ1v) is 8.12. The van der Waals surface area contributed by atoms with Crippen molar-refractivity contribution in [2.24, 2.45) is 0 Å². The fraction of sp³-hybridized carbons (Fsp3) is 0.238. The molecule has 0 aliphatic heterocycles. The van der Waals surface area contributed by atoms with Crippen LogP contribution in [-0.2, 0) is 17.6 Å². The molecule has 23 heavy (non-hydrogen) atoms. The zero-order chi connectivity index (χ0) is 15.9. The minimum absolute atomic E-state index is 0.539. The maximum Gasteiger partial charge on any atom is 0.158 e. The van der Waals surface area contributed by atoms with E-state index in [-0.39, 0.29) is 0 Å². The third kappa shape index (κ3) is 4.65. The van der Waals surface area contributed by atoms with Gasteiger partial charge in [0.2, 0.25) is 0 Å². The molecule has 1 atom stereocenters. The smallest absolute Gasteiger partial charge is 0.158 e. The van der Waals surface area contributed by atoms with Crippen LogP contribution in [0.5, 0.6) is 0 Å². The summed E-state index contributed by atoms with van der Waals surface area (Å²) < 4.78 is 5.51. The van der Waals surface area contributed by atoms with Gasteiger partial charge in [0.25, 0.3) is 0 Å². The van der Waals surface area contributed by atoms with E-state index in [9.17, 15) is 5.11 Å². The van der Waals surface area contributed by atoms with Gasteiger partial charge in [-0.1, -0.05) is 72.8 Å². The van der Waals surface area contributed by atoms with Crippen LogP contribution in [0.15, 0.2) is 72.8 Å². The lowest BCUT2D eigenvalue weighted by Gasteiger charge is -2.12. The summed E-state index contributed by atoms with van der Waals surface area (Å²) >= 11 is 0. The number of hydrogen-bond donors (Lipinski definition) is 1. The van der Waals surface area contributed by atoms with Crippen LogP contribution in [0.25, 0.3) is 10.8 Å². The minimum atomic E-state index is -0.728. The molecule has 0 bridgehead atoms. The van der Waals surface area contributed by atoms with E-state index in [0.717, 1.165) is 18.4 Å². The number of aliphatic hydroxyl groups is 1. The Labute approximate surface area is 137 Å². The molecule has 0 saturated carbocycles. The fourth-order valence-electron chi connectivity index (χ4n) is 2.76. The summed E-state index contributed by atoms with van der Waals surface area (Å²) in [7, 11) is 0. The molecule has 118 valence electrons. The predicted molar refractivity (Wildman–Crippen MR) is 94.4 cm³/mol. The lowest BCUT2D eigenvalue weighted by Crippen LogP contribution is -2.16. The predicted octanol–water partition coefficient (Wildman–Crippen LogP) is 4.35. The Kier molecular flexibility index (Phi) is 5.41. The number of fused-ring (bicyclic) bond motifs is 1. The van der Waals surface area contributed by atoms with Crippen LogP contribution in [0, 0.1) is 0 Å². The molecule has 0 amide bonds. The van der Waals surface area contributed by atoms with Gasteiger partial charge in [-0.3, -0.25) is 0 Å². The standard InChI is InChI=1S/C21H22O2/c22-21(16-17-7-2-1-3-8-17)23-14-6-9-18-12-13-19-10-4-5-11-20(19)15-18/h1-5,7-8,10-13,15,21-22H,6,9,14,16H2. The van der Waals surface area contributed by atoms with E-state index < -0.39 is 6.29 Å². The van der Waals surface area contributed by atoms with Crippen molar-refractivity contribution in [3.8, 4) is 0 Å². The third-order valence-corrected chi connectivity index (χ3v) is 3.99. The molecule has 1 unspecified atom stereocenters. The summed E-state index contributed by atoms with van der Waals surface area (Å²) in [5.74, 6) is 0. The number of ether oxygens (including phenoxy) is 1. The van der Waals surface area contributed by atoms with E-state index in [1.54, 1.807) is 0 Å². The Morgan fingerprint density at radius 1 is 0.783 bits per heavy atom. The van der Waals surface area contributed by atoms with Gasteiger partial charge in [-0.2, -0.15) is 0 Å². The second-order valence-electron chi connectivity index (χ2n) is 5.80. The van der Waals surface area contributed by atoms with E-state index in [0.29, 0.717) is 13.0 Å². The van der Waals surface area contributed by atoms with Crippen molar-refractivity contribution in [1.82, 2.24) is 0 Å². The van der Waals surface area contributed by atoms with Gasteiger partial charge in [-0.15, -0.1) is 0 Å². The van der Waals surface area contributed by atoms with Gasteiger partial charge < -0.3 is 9.84 Å². The highest BCUT2D eigenvalue weighted by Crippen LogP contribution is 2.16. The van der Waals surface area contributed by atoms with Crippen LogP contribution in [0.4, 0.5) is 0 Å². The topological polar surface area (TPSA) is 29.5 Å². The molecule has 0 radical (unpaired) electrons. The Morgan fingerprint density at radius 3 is 2.35 bits per heavy atom. The molecule has 0 heterocycles. The molecule has 0 aromatic heterocycles. The molecule has 0 spiro atoms. The quantitative estimate of drug-likeness (QED) is 0.519. The maximum absolute atomic E-state index is 9.92. The molecule has 3 aromatic carbocycles. The Bertz CT molecular complexity index is 737. The summed E-state index contributed by atoms with van der Waals surface area (Å²) in [6, 6.07) is 24.9. The van der Waals surface area contributed by atoms with Crippen molar-refractivity contribution in [3.05, 3.63) is 83.9 Å². The summed E-state index contributed by atoms with van der Waals surface area (Å²) in [6.07, 6.45) is 1.68. The van der Waals surface area contributed by atoms with Gasteiger partial charge in [0.15, 0.2) is 6.29 Å². The van der Waals surface area contributed by atoms with E-state index in [1.165, 1.54) is 16.3 Å². The van der Waals surface area contributed by atoms with Gasteiger partial charge >= 0.3 is 0 Å². The first kappa shape index (κ1) is 15.7. The fourth-order valence-corrected chi connectivity index (χ4v) is 2.76. The minimum Gasteiger partial charge on any atom is -0.368 e. The molecule has 3 aromatic rings. The highest BCUT2D eigenvalue weighted by molar-refractivity contribution is 5.82. The Balaban J connectivity index is 1.43. The molecule has 2 nitrogen and oxygen atoms in total. The van der Waals surface area contributed by atoms with Crippen molar-refractivity contribution in [2.75, 3.05) is 6.61 Å². The second kappa shape index (κ2) is 7.91. The Hall–Kier alpha value is -2.16. The van der Waals surface area contributed by atoms with E-state index in [1.807, 2.05) is 30.3 Å². The number of benzene rings is 3. The van der Waals surface area contributed by atoms with Crippen molar-refractivity contribution in [1.29, 1.82) is 0 Å². The van der Waals surface area contributed by atoms with Crippen LogP contribution in [0.1, 0.15) is 17.5 Å². The first-order chi connectivity index (χ1) is 11.3. The number of aliphatic hydroxyl groups excluding tert-OH is 1. The van der Waals surface area contributed by atoms with Gasteiger partial charge in [-0.05, 0) is 34.7 Å². The van der Waals surface area contributed by atoms with Crippen LogP contribution in [0.3, 0.4) is 0 Å². The molecule has 2 heteroatoms. The van der Waals surface area contributed by atoms with Crippen LogP contribution >= 0.6 is 0 Å². The van der Waals surface area contributed by atoms with Crippen molar-refractivity contribution >= 4 is 10.8 Å². The van der Waals surface area contributed by atoms with Crippen LogP contribution < -0.4 is 0 Å². The summed E-state index contributed by atoms with van der Waals surface area (Å²) in [5.41, 5.74) is 2.40.